The van der Waals surface area contributed by atoms with Crippen LogP contribution in [0.2, 0.25) is 0 Å². The van der Waals surface area contributed by atoms with E-state index in [1.807, 2.05) is 0 Å². The third-order valence-electron chi connectivity index (χ3n) is 6.28. The Bertz CT molecular complexity index is 1630. The van der Waals surface area contributed by atoms with Crippen molar-refractivity contribution >= 4 is 40.2 Å². The number of anilines is 1. The maximum absolute atomic E-state index is 13.3. The van der Waals surface area contributed by atoms with Crippen LogP contribution in [0.5, 0.6) is 11.5 Å². The Morgan fingerprint density at radius 3 is 2.81 bits per heavy atom. The normalized spacial score (nSPS) is 19.6. The van der Waals surface area contributed by atoms with Crippen molar-refractivity contribution in [1.82, 2.24) is 20.3 Å². The van der Waals surface area contributed by atoms with Gasteiger partial charge in [0.05, 0.1) is 29.2 Å². The number of ether oxygens (including phenoxy) is 2. The Labute approximate surface area is 209 Å². The average molecular weight is 527 g/mol. The third-order valence-corrected chi connectivity index (χ3v) is 7.09. The number of carboxylic acid groups (broad SMARTS) is 1. The maximum atomic E-state index is 13.3. The standard InChI is InChI=1S/C23H15F2N5O6S/c24-23(25)35-14-3-9-10(4-15(14)36-23)30-22(29-9)37-16-2-1-13(34-16)17-8-5-27-20(21(32)33)19(8)28-11-6-26-7-12(31)18(11)17/h1-5,17,26-28H,6-7H2,(H,29,30)(H,32,33). The van der Waals surface area contributed by atoms with E-state index in [0.717, 1.165) is 11.8 Å². The van der Waals surface area contributed by atoms with Crippen LogP contribution < -0.4 is 20.1 Å². The lowest BCUT2D eigenvalue weighted by molar-refractivity contribution is -0.286. The molecule has 1 aromatic carbocycles. The number of imidazole rings is 1. The van der Waals surface area contributed by atoms with Gasteiger partial charge >= 0.3 is 12.3 Å². The second-order valence-corrected chi connectivity index (χ2v) is 9.55. The lowest BCUT2D eigenvalue weighted by Crippen LogP contribution is -2.39. The van der Waals surface area contributed by atoms with Crippen molar-refractivity contribution in [1.29, 1.82) is 0 Å². The van der Waals surface area contributed by atoms with Crippen LogP contribution in [0.1, 0.15) is 27.7 Å². The number of aromatic carboxylic acids is 1. The molecule has 1 atom stereocenters. The number of rotatable bonds is 4. The minimum Gasteiger partial charge on any atom is -0.477 e. The van der Waals surface area contributed by atoms with Crippen molar-refractivity contribution in [3.05, 3.63) is 58.8 Å². The highest BCUT2D eigenvalue weighted by Crippen LogP contribution is 2.46. The molecule has 0 spiro atoms. The van der Waals surface area contributed by atoms with Crippen LogP contribution in [0.25, 0.3) is 11.0 Å². The molecule has 0 saturated carbocycles. The number of ketones is 1. The minimum absolute atomic E-state index is 0.00868. The van der Waals surface area contributed by atoms with Crippen LogP contribution >= 0.6 is 11.8 Å². The molecule has 7 rings (SSSR count). The molecule has 188 valence electrons. The van der Waals surface area contributed by atoms with Crippen molar-refractivity contribution < 1.29 is 37.4 Å². The Morgan fingerprint density at radius 2 is 2.00 bits per heavy atom. The van der Waals surface area contributed by atoms with Gasteiger partial charge in [-0.15, -0.1) is 8.78 Å². The number of halogens is 2. The summed E-state index contributed by atoms with van der Waals surface area (Å²) in [6, 6.07) is 6.20. The van der Waals surface area contributed by atoms with Crippen molar-refractivity contribution in [3.63, 3.8) is 0 Å². The van der Waals surface area contributed by atoms with Crippen LogP contribution in [0.4, 0.5) is 14.5 Å². The second-order valence-electron chi connectivity index (χ2n) is 8.56. The molecule has 5 N–H and O–H groups in total. The molecule has 37 heavy (non-hydrogen) atoms. The maximum Gasteiger partial charge on any atom is 0.586 e. The number of hydrogen-bond donors (Lipinski definition) is 5. The molecule has 0 saturated heterocycles. The molecule has 0 bridgehead atoms. The SMILES string of the molecule is O=C1CNCC2=C1C(c1ccc(Sc3nc4cc5c(cc4[nH]3)OC(F)(F)O5)o1)c1c[nH]c(C(=O)O)c1N2. The predicted octanol–water partition coefficient (Wildman–Crippen LogP) is 3.64. The van der Waals surface area contributed by atoms with Gasteiger partial charge in [-0.05, 0) is 23.9 Å². The topological polar surface area (TPSA) is 154 Å². The van der Waals surface area contributed by atoms with E-state index in [-0.39, 0.29) is 29.5 Å². The van der Waals surface area contributed by atoms with Gasteiger partial charge in [-0.25, -0.2) is 9.78 Å². The first-order valence-electron chi connectivity index (χ1n) is 11.0. The van der Waals surface area contributed by atoms with Crippen molar-refractivity contribution in [2.24, 2.45) is 0 Å². The van der Waals surface area contributed by atoms with E-state index < -0.39 is 18.2 Å². The lowest BCUT2D eigenvalue weighted by atomic mass is 9.82. The Morgan fingerprint density at radius 1 is 1.19 bits per heavy atom. The monoisotopic (exact) mass is 527 g/mol. The number of carbonyl (C=O) groups is 2. The van der Waals surface area contributed by atoms with Crippen LogP contribution in [-0.2, 0) is 4.79 Å². The molecule has 14 heteroatoms. The quantitative estimate of drug-likeness (QED) is 0.266. The average Bonchev–Trinajstić information content (AvgIpc) is 3.60. The summed E-state index contributed by atoms with van der Waals surface area (Å²) in [6.45, 7) is 0.541. The molecule has 6 heterocycles. The summed E-state index contributed by atoms with van der Waals surface area (Å²) >= 11 is 1.16. The van der Waals surface area contributed by atoms with Gasteiger partial charge in [0, 0.05) is 41.7 Å². The first-order chi connectivity index (χ1) is 17.8. The van der Waals surface area contributed by atoms with Gasteiger partial charge in [-0.3, -0.25) is 4.79 Å². The van der Waals surface area contributed by atoms with E-state index in [2.05, 4.69) is 35.1 Å². The fourth-order valence-corrected chi connectivity index (χ4v) is 5.57. The number of H-pyrrole nitrogens is 2. The van der Waals surface area contributed by atoms with E-state index in [4.69, 9.17) is 4.42 Å². The van der Waals surface area contributed by atoms with Crippen molar-refractivity contribution in [2.75, 3.05) is 18.4 Å². The summed E-state index contributed by atoms with van der Waals surface area (Å²) in [4.78, 5) is 34.8. The molecule has 0 amide bonds. The smallest absolute Gasteiger partial charge is 0.477 e. The summed E-state index contributed by atoms with van der Waals surface area (Å²) < 4.78 is 41.7. The van der Waals surface area contributed by atoms with Gasteiger partial charge in [0.1, 0.15) is 11.5 Å². The summed E-state index contributed by atoms with van der Waals surface area (Å²) in [6.07, 6.45) is -2.15. The number of carboxylic acids is 1. The van der Waals surface area contributed by atoms with Crippen molar-refractivity contribution in [3.8, 4) is 11.5 Å². The number of benzene rings is 1. The number of alkyl halides is 2. The highest BCUT2D eigenvalue weighted by atomic mass is 32.2. The van der Waals surface area contributed by atoms with E-state index in [9.17, 15) is 23.5 Å². The van der Waals surface area contributed by atoms with E-state index in [1.54, 1.807) is 18.3 Å². The molecule has 11 nitrogen and oxygen atoms in total. The van der Waals surface area contributed by atoms with Gasteiger partial charge in [0.15, 0.2) is 27.5 Å². The number of Topliss-reactive ketones (excluding diaryl/α,β-unsaturated/α-hetero) is 1. The number of fused-ring (bicyclic) bond motifs is 3. The summed E-state index contributed by atoms with van der Waals surface area (Å²) in [5, 5.41) is 16.6. The highest BCUT2D eigenvalue weighted by molar-refractivity contribution is 7.99. The fraction of sp³-hybridized carbons (Fsp3) is 0.174. The predicted molar refractivity (Wildman–Crippen MR) is 123 cm³/mol. The van der Waals surface area contributed by atoms with Gasteiger partial charge in [0.25, 0.3) is 0 Å². The molecule has 0 fully saturated rings. The minimum atomic E-state index is -3.71. The molecule has 3 aromatic heterocycles. The van der Waals surface area contributed by atoms with Gasteiger partial charge in [-0.1, -0.05) is 0 Å². The van der Waals surface area contributed by atoms with Crippen LogP contribution in [0, 0.1) is 0 Å². The number of nitrogens with one attached hydrogen (secondary N) is 4. The Balaban J connectivity index is 1.22. The summed E-state index contributed by atoms with van der Waals surface area (Å²) in [5.41, 5.74) is 2.96. The number of hydrogen-bond acceptors (Lipinski definition) is 9. The van der Waals surface area contributed by atoms with Crippen LogP contribution in [0.3, 0.4) is 0 Å². The molecular weight excluding hydrogens is 512 g/mol. The van der Waals surface area contributed by atoms with E-state index in [0.29, 0.717) is 56.1 Å². The van der Waals surface area contributed by atoms with Crippen LogP contribution in [0.15, 0.2) is 56.4 Å². The molecular formula is C23H15F2N5O6S. The number of aromatic amines is 2. The number of furan rings is 1. The van der Waals surface area contributed by atoms with Crippen molar-refractivity contribution in [2.45, 2.75) is 22.5 Å². The zero-order valence-corrected chi connectivity index (χ0v) is 19.3. The Kier molecular flexibility index (Phi) is 4.51. The zero-order valence-electron chi connectivity index (χ0n) is 18.5. The molecule has 3 aliphatic rings. The number of nitrogens with zero attached hydrogens (tertiary/aromatic N) is 1. The first kappa shape index (κ1) is 21.9. The zero-order chi connectivity index (χ0) is 25.5. The Hall–Kier alpha value is -4.30. The summed E-state index contributed by atoms with van der Waals surface area (Å²) in [5.74, 6) is -1.59. The second kappa shape index (κ2) is 7.60. The van der Waals surface area contributed by atoms with Gasteiger partial charge in [-0.2, -0.15) is 0 Å². The van der Waals surface area contributed by atoms with E-state index >= 15 is 0 Å². The molecule has 4 aromatic rings. The lowest BCUT2D eigenvalue weighted by Gasteiger charge is -2.31. The van der Waals surface area contributed by atoms with E-state index in [1.165, 1.54) is 12.1 Å². The molecule has 0 radical (unpaired) electrons. The first-order valence-corrected chi connectivity index (χ1v) is 11.8. The number of aromatic nitrogens is 3. The molecule has 0 aliphatic carbocycles. The highest BCUT2D eigenvalue weighted by Gasteiger charge is 2.44. The fourth-order valence-electron chi connectivity index (χ4n) is 4.80. The third kappa shape index (κ3) is 3.48. The molecule has 1 unspecified atom stereocenters. The number of carbonyl (C=O) groups excluding carboxylic acids is 1. The summed E-state index contributed by atoms with van der Waals surface area (Å²) in [7, 11) is 0. The van der Waals surface area contributed by atoms with Gasteiger partial charge in [0.2, 0.25) is 0 Å². The largest absolute Gasteiger partial charge is 0.586 e. The van der Waals surface area contributed by atoms with Crippen LogP contribution in [-0.4, -0.2) is 51.2 Å². The van der Waals surface area contributed by atoms with Gasteiger partial charge < -0.3 is 39.6 Å². The molecule has 3 aliphatic heterocycles.